The molecule has 4 N–H and O–H groups in total. The van der Waals surface area contributed by atoms with Gasteiger partial charge in [0.05, 0.1) is 6.61 Å². The van der Waals surface area contributed by atoms with Crippen LogP contribution in [0.15, 0.2) is 24.3 Å². The SMILES string of the molecule is CCCCCC/C=C/CCCCCCCCCC(=O)O[C@H](COC(=O)CCCCCCCCCCC/C=C/CCCCCCCC)CO[C@H]1O[C@H](CS(=O)(=O)O)[C@@H](O)C(O)C1O. The molecule has 0 aromatic heterocycles. The molecule has 12 nitrogen and oxygen atoms in total. The molecule has 0 saturated carbocycles. The van der Waals surface area contributed by atoms with Crippen LogP contribution in [0.2, 0.25) is 0 Å². The molecule has 0 bridgehead atoms. The van der Waals surface area contributed by atoms with Crippen LogP contribution in [0.1, 0.15) is 219 Å². The summed E-state index contributed by atoms with van der Waals surface area (Å²) in [6, 6.07) is 0. The summed E-state index contributed by atoms with van der Waals surface area (Å²) in [5, 5.41) is 30.9. The van der Waals surface area contributed by atoms with E-state index < -0.39 is 71.2 Å². The number of aliphatic hydroxyl groups excluding tert-OH is 3. The number of ether oxygens (including phenoxy) is 4. The predicted octanol–water partition coefficient (Wildman–Crippen LogP) is 10.8. The maximum atomic E-state index is 12.8. The van der Waals surface area contributed by atoms with E-state index in [1.807, 2.05) is 0 Å². The van der Waals surface area contributed by atoms with Crippen molar-refractivity contribution in [2.45, 2.75) is 256 Å². The van der Waals surface area contributed by atoms with E-state index >= 15 is 0 Å². The fourth-order valence-electron chi connectivity index (χ4n) is 7.61. The predicted molar refractivity (Wildman–Crippen MR) is 247 cm³/mol. The zero-order valence-electron chi connectivity index (χ0n) is 39.0. The number of hydrogen-bond donors (Lipinski definition) is 4. The van der Waals surface area contributed by atoms with E-state index in [0.29, 0.717) is 12.8 Å². The number of esters is 2. The highest BCUT2D eigenvalue weighted by Gasteiger charge is 2.46. The normalized spacial score (nSPS) is 20.0. The molecule has 1 fully saturated rings. The first-order valence-electron chi connectivity index (χ1n) is 24.9. The fourth-order valence-corrected chi connectivity index (χ4v) is 8.30. The van der Waals surface area contributed by atoms with Crippen LogP contribution in [0.4, 0.5) is 0 Å². The van der Waals surface area contributed by atoms with Crippen molar-refractivity contribution in [3.05, 3.63) is 24.3 Å². The largest absolute Gasteiger partial charge is 0.462 e. The van der Waals surface area contributed by atoms with E-state index in [1.54, 1.807) is 0 Å². The van der Waals surface area contributed by atoms with Gasteiger partial charge in [0.1, 0.15) is 36.8 Å². The lowest BCUT2D eigenvalue weighted by Crippen LogP contribution is -2.60. The molecular weight excluding hydrogens is 813 g/mol. The van der Waals surface area contributed by atoms with E-state index in [-0.39, 0.29) is 19.4 Å². The zero-order chi connectivity index (χ0) is 45.5. The molecule has 6 atom stereocenters. The van der Waals surface area contributed by atoms with Crippen molar-refractivity contribution in [3.8, 4) is 0 Å². The van der Waals surface area contributed by atoms with Crippen molar-refractivity contribution in [2.24, 2.45) is 0 Å². The Hall–Kier alpha value is -1.87. The number of aliphatic hydroxyl groups is 3. The van der Waals surface area contributed by atoms with Crippen molar-refractivity contribution in [3.63, 3.8) is 0 Å². The summed E-state index contributed by atoms with van der Waals surface area (Å²) < 4.78 is 54.2. The summed E-state index contributed by atoms with van der Waals surface area (Å²) in [5.74, 6) is -1.98. The summed E-state index contributed by atoms with van der Waals surface area (Å²) >= 11 is 0. The minimum Gasteiger partial charge on any atom is -0.462 e. The third-order valence-electron chi connectivity index (χ3n) is 11.5. The standard InChI is InChI=1S/C49H90O12S/c1-3-5-7-9-11-13-15-17-19-20-21-22-24-25-27-29-31-33-35-37-44(50)58-39-42(40-59-49-48(54)47(53)46(52)43(61-49)41-62(55,56)57)60-45(51)38-36-34-32-30-28-26-23-18-16-14-12-10-8-6-4-2/h14,16-17,19,42-43,46-49,52-54H,3-13,15,18,20-41H2,1-2H3,(H,55,56,57)/b16-14+,19-17+/t42-,43-,46-,47?,48?,49+/m1/s1. The number of rotatable bonds is 42. The van der Waals surface area contributed by atoms with Crippen LogP contribution in [0, 0.1) is 0 Å². The first-order chi connectivity index (χ1) is 30.0. The molecule has 0 radical (unpaired) electrons. The van der Waals surface area contributed by atoms with Crippen LogP contribution in [0.5, 0.6) is 0 Å². The summed E-state index contributed by atoms with van der Waals surface area (Å²) in [6.07, 6.45) is 35.0. The maximum absolute atomic E-state index is 12.8. The van der Waals surface area contributed by atoms with Gasteiger partial charge in [0.2, 0.25) is 0 Å². The highest BCUT2D eigenvalue weighted by molar-refractivity contribution is 7.85. The summed E-state index contributed by atoms with van der Waals surface area (Å²) in [5.41, 5.74) is 0. The van der Waals surface area contributed by atoms with Crippen LogP contribution in [0.25, 0.3) is 0 Å². The minimum absolute atomic E-state index is 0.161. The van der Waals surface area contributed by atoms with Crippen molar-refractivity contribution in [1.29, 1.82) is 0 Å². The molecule has 1 heterocycles. The molecule has 0 aliphatic carbocycles. The van der Waals surface area contributed by atoms with Crippen LogP contribution in [-0.4, -0.2) is 96.0 Å². The second-order valence-electron chi connectivity index (χ2n) is 17.5. The Balaban J connectivity index is 2.38. The molecule has 0 aromatic rings. The van der Waals surface area contributed by atoms with Gasteiger partial charge in [-0.2, -0.15) is 8.42 Å². The maximum Gasteiger partial charge on any atom is 0.306 e. The van der Waals surface area contributed by atoms with Gasteiger partial charge in [-0.3, -0.25) is 14.1 Å². The van der Waals surface area contributed by atoms with E-state index in [9.17, 15) is 37.9 Å². The van der Waals surface area contributed by atoms with Gasteiger partial charge in [-0.25, -0.2) is 0 Å². The second kappa shape index (κ2) is 39.5. The minimum atomic E-state index is -4.60. The van der Waals surface area contributed by atoms with E-state index in [1.165, 1.54) is 128 Å². The molecule has 1 rings (SSSR count). The Bertz CT molecular complexity index is 1240. The molecule has 364 valence electrons. The van der Waals surface area contributed by atoms with Crippen molar-refractivity contribution in [2.75, 3.05) is 19.0 Å². The first-order valence-corrected chi connectivity index (χ1v) is 26.5. The van der Waals surface area contributed by atoms with Crippen LogP contribution < -0.4 is 0 Å². The summed E-state index contributed by atoms with van der Waals surface area (Å²) in [4.78, 5) is 25.5. The topological polar surface area (TPSA) is 186 Å². The number of unbranched alkanes of at least 4 members (excludes halogenated alkanes) is 26. The second-order valence-corrected chi connectivity index (χ2v) is 19.0. The summed E-state index contributed by atoms with van der Waals surface area (Å²) in [7, 11) is -4.60. The Kier molecular flexibility index (Phi) is 37.0. The Labute approximate surface area is 377 Å². The lowest BCUT2D eigenvalue weighted by atomic mass is 10.00. The zero-order valence-corrected chi connectivity index (χ0v) is 39.8. The Morgan fingerprint density at radius 1 is 0.532 bits per heavy atom. The highest BCUT2D eigenvalue weighted by atomic mass is 32.2. The molecule has 1 aliphatic heterocycles. The van der Waals surface area contributed by atoms with Gasteiger partial charge in [-0.1, -0.05) is 167 Å². The van der Waals surface area contributed by atoms with Gasteiger partial charge in [-0.05, 0) is 64.2 Å². The molecule has 2 unspecified atom stereocenters. The monoisotopic (exact) mass is 903 g/mol. The van der Waals surface area contributed by atoms with Crippen molar-refractivity contribution < 1.29 is 56.8 Å². The molecule has 13 heteroatoms. The molecule has 1 saturated heterocycles. The fraction of sp³-hybridized carbons (Fsp3) is 0.878. The van der Waals surface area contributed by atoms with Gasteiger partial charge >= 0.3 is 11.9 Å². The smallest absolute Gasteiger partial charge is 0.306 e. The van der Waals surface area contributed by atoms with Crippen molar-refractivity contribution in [1.82, 2.24) is 0 Å². The highest BCUT2D eigenvalue weighted by Crippen LogP contribution is 2.24. The molecule has 62 heavy (non-hydrogen) atoms. The lowest BCUT2D eigenvalue weighted by molar-refractivity contribution is -0.297. The van der Waals surface area contributed by atoms with Gasteiger partial charge < -0.3 is 34.3 Å². The van der Waals surface area contributed by atoms with Gasteiger partial charge in [-0.15, -0.1) is 0 Å². The first kappa shape index (κ1) is 58.1. The Morgan fingerprint density at radius 2 is 0.919 bits per heavy atom. The van der Waals surface area contributed by atoms with Crippen LogP contribution >= 0.6 is 0 Å². The lowest BCUT2D eigenvalue weighted by Gasteiger charge is -2.40. The Morgan fingerprint density at radius 3 is 1.35 bits per heavy atom. The van der Waals surface area contributed by atoms with Crippen LogP contribution in [0.3, 0.4) is 0 Å². The quantitative estimate of drug-likeness (QED) is 0.0197. The third-order valence-corrected chi connectivity index (χ3v) is 12.3. The summed E-state index contributed by atoms with van der Waals surface area (Å²) in [6.45, 7) is 3.76. The number of allylic oxidation sites excluding steroid dienone is 4. The average Bonchev–Trinajstić information content (AvgIpc) is 3.24. The van der Waals surface area contributed by atoms with Gasteiger partial charge in [0.25, 0.3) is 10.1 Å². The van der Waals surface area contributed by atoms with Crippen LogP contribution in [-0.2, 0) is 38.7 Å². The third kappa shape index (κ3) is 33.6. The van der Waals surface area contributed by atoms with Crippen molar-refractivity contribution >= 4 is 22.1 Å². The molecule has 0 spiro atoms. The van der Waals surface area contributed by atoms with E-state index in [2.05, 4.69) is 38.2 Å². The van der Waals surface area contributed by atoms with Gasteiger partial charge in [0, 0.05) is 12.8 Å². The number of carbonyl (C=O) groups excluding carboxylic acids is 2. The molecular formula is C49H90O12S. The molecule has 1 aliphatic rings. The number of carbonyl (C=O) groups is 2. The van der Waals surface area contributed by atoms with Gasteiger partial charge in [0.15, 0.2) is 12.4 Å². The molecule has 0 amide bonds. The van der Waals surface area contributed by atoms with E-state index in [4.69, 9.17) is 18.9 Å². The van der Waals surface area contributed by atoms with E-state index in [0.717, 1.165) is 51.4 Å². The number of hydrogen-bond acceptors (Lipinski definition) is 11. The average molecular weight is 903 g/mol. The molecule has 0 aromatic carbocycles.